The van der Waals surface area contributed by atoms with Crippen molar-refractivity contribution < 1.29 is 14.0 Å². The van der Waals surface area contributed by atoms with Gasteiger partial charge < -0.3 is 9.73 Å². The molecule has 2 N–H and O–H groups in total. The smallest absolute Gasteiger partial charge is 0.260 e. The number of carbonyl (C=O) groups is 2. The molecule has 3 aromatic rings. The van der Waals surface area contributed by atoms with Crippen LogP contribution in [0.25, 0.3) is 11.3 Å². The molecule has 0 atom stereocenters. The highest BCUT2D eigenvalue weighted by Gasteiger charge is 2.16. The van der Waals surface area contributed by atoms with Crippen LogP contribution in [0.2, 0.25) is 0 Å². The Morgan fingerprint density at radius 2 is 2.21 bits per heavy atom. The molecule has 0 bridgehead atoms. The third kappa shape index (κ3) is 2.81. The van der Waals surface area contributed by atoms with Crippen molar-refractivity contribution in [2.45, 2.75) is 12.8 Å². The Balaban J connectivity index is 1.54. The van der Waals surface area contributed by atoms with Crippen molar-refractivity contribution in [3.63, 3.8) is 0 Å². The van der Waals surface area contributed by atoms with E-state index in [0.717, 1.165) is 28.9 Å². The van der Waals surface area contributed by atoms with Crippen molar-refractivity contribution in [1.29, 1.82) is 0 Å². The summed E-state index contributed by atoms with van der Waals surface area (Å²) in [4.78, 5) is 27.9. The minimum Gasteiger partial charge on any atom is -0.472 e. The van der Waals surface area contributed by atoms with Gasteiger partial charge >= 0.3 is 0 Å². The van der Waals surface area contributed by atoms with Gasteiger partial charge in [0.1, 0.15) is 6.26 Å². The molecule has 120 valence electrons. The Morgan fingerprint density at radius 1 is 1.29 bits per heavy atom. The Morgan fingerprint density at radius 3 is 3.04 bits per heavy atom. The number of hydrogen-bond donors (Lipinski definition) is 2. The van der Waals surface area contributed by atoms with Gasteiger partial charge in [-0.2, -0.15) is 0 Å². The molecule has 0 saturated heterocycles. The largest absolute Gasteiger partial charge is 0.472 e. The van der Waals surface area contributed by atoms with E-state index >= 15 is 0 Å². The lowest BCUT2D eigenvalue weighted by molar-refractivity contribution is -0.116. The van der Waals surface area contributed by atoms with Crippen LogP contribution in [0.1, 0.15) is 22.3 Å². The number of aryl methyl sites for hydroxylation is 1. The SMILES string of the molecule is O=C1CCc2cc(-c3csc(NC(=O)c4ccoc4)n3)ccc2N1. The zero-order chi connectivity index (χ0) is 16.5. The van der Waals surface area contributed by atoms with E-state index in [9.17, 15) is 9.59 Å². The van der Waals surface area contributed by atoms with Crippen LogP contribution in [-0.2, 0) is 11.2 Å². The standard InChI is InChI=1S/C17H13N3O3S/c21-15-4-2-10-7-11(1-3-13(10)18-15)14-9-24-17(19-14)20-16(22)12-5-6-23-8-12/h1,3,5-9H,2,4H2,(H,18,21)(H,19,20,22). The molecule has 0 saturated carbocycles. The van der Waals surface area contributed by atoms with Crippen LogP contribution in [0.15, 0.2) is 46.6 Å². The predicted octanol–water partition coefficient (Wildman–Crippen LogP) is 3.54. The first-order valence-electron chi connectivity index (χ1n) is 7.41. The maximum atomic E-state index is 12.0. The molecule has 2 aromatic heterocycles. The van der Waals surface area contributed by atoms with Crippen molar-refractivity contribution >= 4 is 34.0 Å². The maximum absolute atomic E-state index is 12.0. The number of anilines is 2. The predicted molar refractivity (Wildman–Crippen MR) is 91.2 cm³/mol. The molecule has 2 amide bonds. The lowest BCUT2D eigenvalue weighted by Gasteiger charge is -2.17. The molecule has 3 heterocycles. The minimum absolute atomic E-state index is 0.0492. The number of rotatable bonds is 3. The Kier molecular flexibility index (Phi) is 3.62. The van der Waals surface area contributed by atoms with Gasteiger partial charge in [0.15, 0.2) is 5.13 Å². The molecule has 6 nitrogen and oxygen atoms in total. The minimum atomic E-state index is -0.252. The average molecular weight is 339 g/mol. The second-order valence-electron chi connectivity index (χ2n) is 5.42. The van der Waals surface area contributed by atoms with E-state index in [2.05, 4.69) is 15.6 Å². The van der Waals surface area contributed by atoms with Crippen LogP contribution in [0.4, 0.5) is 10.8 Å². The zero-order valence-electron chi connectivity index (χ0n) is 12.5. The fourth-order valence-electron chi connectivity index (χ4n) is 2.57. The lowest BCUT2D eigenvalue weighted by Crippen LogP contribution is -2.18. The van der Waals surface area contributed by atoms with E-state index < -0.39 is 0 Å². The van der Waals surface area contributed by atoms with E-state index in [1.165, 1.54) is 23.9 Å². The molecule has 1 aliphatic heterocycles. The highest BCUT2D eigenvalue weighted by molar-refractivity contribution is 7.14. The summed E-state index contributed by atoms with van der Waals surface area (Å²) in [5, 5.41) is 8.04. The molecular formula is C17H13N3O3S. The van der Waals surface area contributed by atoms with Crippen LogP contribution < -0.4 is 10.6 Å². The number of fused-ring (bicyclic) bond motifs is 1. The quantitative estimate of drug-likeness (QED) is 0.764. The van der Waals surface area contributed by atoms with Crippen molar-refractivity contribution in [2.75, 3.05) is 10.6 Å². The van der Waals surface area contributed by atoms with Gasteiger partial charge in [0.05, 0.1) is 17.5 Å². The second kappa shape index (κ2) is 5.93. The number of amides is 2. The third-order valence-corrected chi connectivity index (χ3v) is 4.56. The van der Waals surface area contributed by atoms with Crippen LogP contribution in [-0.4, -0.2) is 16.8 Å². The maximum Gasteiger partial charge on any atom is 0.260 e. The summed E-state index contributed by atoms with van der Waals surface area (Å²) in [6.07, 6.45) is 4.07. The number of nitrogens with one attached hydrogen (secondary N) is 2. The summed E-state index contributed by atoms with van der Waals surface area (Å²) in [5.41, 5.74) is 4.17. The summed E-state index contributed by atoms with van der Waals surface area (Å²) >= 11 is 1.36. The summed E-state index contributed by atoms with van der Waals surface area (Å²) in [6, 6.07) is 7.44. The molecule has 0 fully saturated rings. The second-order valence-corrected chi connectivity index (χ2v) is 6.28. The van der Waals surface area contributed by atoms with Gasteiger partial charge in [-0.3, -0.25) is 14.9 Å². The molecule has 0 radical (unpaired) electrons. The average Bonchev–Trinajstić information content (AvgIpc) is 3.26. The Bertz CT molecular complexity index is 915. The van der Waals surface area contributed by atoms with E-state index in [0.29, 0.717) is 17.1 Å². The Hall–Kier alpha value is -2.93. The van der Waals surface area contributed by atoms with Crippen LogP contribution in [0.5, 0.6) is 0 Å². The normalized spacial score (nSPS) is 13.2. The van der Waals surface area contributed by atoms with Crippen molar-refractivity contribution in [3.8, 4) is 11.3 Å². The number of carbonyl (C=O) groups excluding carboxylic acids is 2. The molecule has 1 aliphatic rings. The topological polar surface area (TPSA) is 84.2 Å². The van der Waals surface area contributed by atoms with E-state index in [1.807, 2.05) is 23.6 Å². The van der Waals surface area contributed by atoms with Gasteiger partial charge in [0, 0.05) is 23.1 Å². The molecule has 7 heteroatoms. The molecule has 1 aromatic carbocycles. The van der Waals surface area contributed by atoms with Gasteiger partial charge in [-0.1, -0.05) is 6.07 Å². The first-order valence-corrected chi connectivity index (χ1v) is 8.29. The zero-order valence-corrected chi connectivity index (χ0v) is 13.4. The number of hydrogen-bond acceptors (Lipinski definition) is 5. The van der Waals surface area contributed by atoms with E-state index in [4.69, 9.17) is 4.42 Å². The first kappa shape index (κ1) is 14.6. The van der Waals surface area contributed by atoms with E-state index in [-0.39, 0.29) is 11.8 Å². The summed E-state index contributed by atoms with van der Waals surface area (Å²) in [7, 11) is 0. The van der Waals surface area contributed by atoms with Gasteiger partial charge in [-0.05, 0) is 30.2 Å². The van der Waals surface area contributed by atoms with E-state index in [1.54, 1.807) is 6.07 Å². The van der Waals surface area contributed by atoms with Crippen molar-refractivity contribution in [3.05, 3.63) is 53.3 Å². The fourth-order valence-corrected chi connectivity index (χ4v) is 3.28. The molecule has 0 aliphatic carbocycles. The monoisotopic (exact) mass is 339 g/mol. The lowest BCUT2D eigenvalue weighted by atomic mass is 9.99. The van der Waals surface area contributed by atoms with Crippen LogP contribution >= 0.6 is 11.3 Å². The van der Waals surface area contributed by atoms with Gasteiger partial charge in [-0.15, -0.1) is 11.3 Å². The van der Waals surface area contributed by atoms with Crippen LogP contribution in [0.3, 0.4) is 0 Å². The van der Waals surface area contributed by atoms with Gasteiger partial charge in [0.2, 0.25) is 5.91 Å². The number of aromatic nitrogens is 1. The fraction of sp³-hybridized carbons (Fsp3) is 0.118. The summed E-state index contributed by atoms with van der Waals surface area (Å²) in [5.74, 6) is -0.203. The number of nitrogens with zero attached hydrogens (tertiary/aromatic N) is 1. The highest BCUT2D eigenvalue weighted by atomic mass is 32.1. The van der Waals surface area contributed by atoms with Gasteiger partial charge in [-0.25, -0.2) is 4.98 Å². The number of furan rings is 1. The summed E-state index contributed by atoms with van der Waals surface area (Å²) < 4.78 is 4.90. The molecular weight excluding hydrogens is 326 g/mol. The van der Waals surface area contributed by atoms with Gasteiger partial charge in [0.25, 0.3) is 5.91 Å². The molecule has 24 heavy (non-hydrogen) atoms. The first-order chi connectivity index (χ1) is 11.7. The van der Waals surface area contributed by atoms with Crippen LogP contribution in [0, 0.1) is 0 Å². The molecule has 0 spiro atoms. The molecule has 4 rings (SSSR count). The summed E-state index contributed by atoms with van der Waals surface area (Å²) in [6.45, 7) is 0. The Labute approximate surface area is 141 Å². The third-order valence-electron chi connectivity index (χ3n) is 3.80. The number of thiazole rings is 1. The highest BCUT2D eigenvalue weighted by Crippen LogP contribution is 2.30. The molecule has 0 unspecified atom stereocenters. The van der Waals surface area contributed by atoms with Crippen molar-refractivity contribution in [2.24, 2.45) is 0 Å². The van der Waals surface area contributed by atoms with Crippen molar-refractivity contribution in [1.82, 2.24) is 4.98 Å². The number of benzene rings is 1.